The number of ether oxygens (including phenoxy) is 1. The molecule has 2 aromatic rings. The highest BCUT2D eigenvalue weighted by molar-refractivity contribution is 6.23. The number of carbonyl (C=O) groups excluding carboxylic acids is 3. The summed E-state index contributed by atoms with van der Waals surface area (Å²) in [7, 11) is 0. The fraction of sp³-hybridized carbons (Fsp3) is 0.286. The first-order valence-corrected chi connectivity index (χ1v) is 9.43. The summed E-state index contributed by atoms with van der Waals surface area (Å²) in [6.07, 6.45) is 0. The second-order valence-corrected chi connectivity index (χ2v) is 7.11. The summed E-state index contributed by atoms with van der Waals surface area (Å²) in [5.74, 6) is -1.97. The van der Waals surface area contributed by atoms with Crippen LogP contribution in [0.5, 0.6) is 0 Å². The number of benzene rings is 2. The second kappa shape index (κ2) is 9.11. The Morgan fingerprint density at radius 3 is 2.33 bits per heavy atom. The van der Waals surface area contributed by atoms with E-state index in [2.05, 4.69) is 10.0 Å². The molecule has 2 amide bonds. The first-order chi connectivity index (χ1) is 14.4. The van der Waals surface area contributed by atoms with Crippen molar-refractivity contribution in [1.29, 1.82) is 0 Å². The fourth-order valence-electron chi connectivity index (χ4n) is 3.09. The van der Waals surface area contributed by atoms with Gasteiger partial charge < -0.3 is 4.74 Å². The van der Waals surface area contributed by atoms with E-state index in [4.69, 9.17) is 10.3 Å². The molecule has 1 aliphatic heterocycles. The molecule has 1 unspecified atom stereocenters. The Labute approximate surface area is 173 Å². The SMILES string of the molecule is CC(C)COC(=O)CN1C(=O)C(N=[N+]=[N-])C(=O)N(c2ccccc2)c2ccccc21. The molecule has 30 heavy (non-hydrogen) atoms. The van der Waals surface area contributed by atoms with Gasteiger partial charge >= 0.3 is 5.97 Å². The van der Waals surface area contributed by atoms with E-state index in [1.165, 1.54) is 4.90 Å². The minimum absolute atomic E-state index is 0.132. The Morgan fingerprint density at radius 1 is 1.07 bits per heavy atom. The Balaban J connectivity index is 2.10. The average Bonchev–Trinajstić information content (AvgIpc) is 2.82. The van der Waals surface area contributed by atoms with Crippen molar-refractivity contribution in [3.05, 3.63) is 65.0 Å². The van der Waals surface area contributed by atoms with Gasteiger partial charge in [0.1, 0.15) is 6.54 Å². The molecule has 0 spiro atoms. The fourth-order valence-corrected chi connectivity index (χ4v) is 3.09. The number of amides is 2. The zero-order chi connectivity index (χ0) is 21.7. The van der Waals surface area contributed by atoms with E-state index in [1.807, 2.05) is 13.8 Å². The van der Waals surface area contributed by atoms with E-state index >= 15 is 0 Å². The maximum atomic E-state index is 13.3. The molecule has 9 heteroatoms. The molecule has 0 fully saturated rings. The zero-order valence-electron chi connectivity index (χ0n) is 16.6. The van der Waals surface area contributed by atoms with E-state index in [-0.39, 0.29) is 12.5 Å². The van der Waals surface area contributed by atoms with Gasteiger partial charge in [-0.25, -0.2) is 0 Å². The number of carbonyl (C=O) groups is 3. The van der Waals surface area contributed by atoms with E-state index in [0.717, 1.165) is 4.90 Å². The van der Waals surface area contributed by atoms with Gasteiger partial charge in [0.05, 0.1) is 18.0 Å². The Bertz CT molecular complexity index is 1000. The summed E-state index contributed by atoms with van der Waals surface area (Å²) in [6.45, 7) is 3.59. The maximum Gasteiger partial charge on any atom is 0.326 e. The predicted octanol–water partition coefficient (Wildman–Crippen LogP) is 3.58. The standard InChI is InChI=1S/C21H21N5O4/c1-14(2)13-30-18(27)12-25-16-10-6-7-11-17(16)26(15-8-4-3-5-9-15)21(29)19(20(25)28)23-24-22/h3-11,14,19H,12-13H2,1-2H3. The normalized spacial score (nSPS) is 16.0. The van der Waals surface area contributed by atoms with Crippen LogP contribution in [0.15, 0.2) is 59.7 Å². The molecule has 0 N–H and O–H groups in total. The summed E-state index contributed by atoms with van der Waals surface area (Å²) >= 11 is 0. The third-order valence-electron chi connectivity index (χ3n) is 4.41. The molecule has 1 aliphatic rings. The molecule has 3 rings (SSSR count). The largest absolute Gasteiger partial charge is 0.464 e. The van der Waals surface area contributed by atoms with Crippen molar-refractivity contribution in [2.75, 3.05) is 23.0 Å². The number of rotatable bonds is 6. The lowest BCUT2D eigenvalue weighted by molar-refractivity contribution is -0.144. The van der Waals surface area contributed by atoms with Crippen molar-refractivity contribution >= 4 is 34.8 Å². The lowest BCUT2D eigenvalue weighted by atomic mass is 10.2. The van der Waals surface area contributed by atoms with E-state index < -0.39 is 30.4 Å². The molecule has 0 saturated carbocycles. The minimum Gasteiger partial charge on any atom is -0.464 e. The second-order valence-electron chi connectivity index (χ2n) is 7.11. The number of para-hydroxylation sites is 3. The van der Waals surface area contributed by atoms with Crippen LogP contribution in [-0.4, -0.2) is 37.0 Å². The van der Waals surface area contributed by atoms with Gasteiger partial charge in [-0.2, -0.15) is 0 Å². The van der Waals surface area contributed by atoms with Crippen LogP contribution in [0.25, 0.3) is 10.4 Å². The lowest BCUT2D eigenvalue weighted by Gasteiger charge is -2.25. The van der Waals surface area contributed by atoms with Crippen LogP contribution in [0.3, 0.4) is 0 Å². The smallest absolute Gasteiger partial charge is 0.326 e. The molecule has 0 radical (unpaired) electrons. The molecule has 0 saturated heterocycles. The summed E-state index contributed by atoms with van der Waals surface area (Å²) in [6, 6.07) is 13.8. The van der Waals surface area contributed by atoms with Crippen molar-refractivity contribution in [1.82, 2.24) is 0 Å². The zero-order valence-corrected chi connectivity index (χ0v) is 16.6. The third-order valence-corrected chi connectivity index (χ3v) is 4.41. The molecule has 2 aromatic carbocycles. The quantitative estimate of drug-likeness (QED) is 0.239. The summed E-state index contributed by atoms with van der Waals surface area (Å²) in [5, 5.41) is 3.44. The van der Waals surface area contributed by atoms with Gasteiger partial charge in [-0.05, 0) is 35.7 Å². The predicted molar refractivity (Wildman–Crippen MR) is 111 cm³/mol. The monoisotopic (exact) mass is 407 g/mol. The Hall–Kier alpha value is -3.84. The van der Waals surface area contributed by atoms with Crippen LogP contribution in [0, 0.1) is 5.92 Å². The lowest BCUT2D eigenvalue weighted by Crippen LogP contribution is -2.45. The molecule has 1 atom stereocenters. The van der Waals surface area contributed by atoms with Gasteiger partial charge in [0, 0.05) is 10.6 Å². The minimum atomic E-state index is -1.65. The van der Waals surface area contributed by atoms with Gasteiger partial charge in [0.15, 0.2) is 6.04 Å². The number of nitrogens with zero attached hydrogens (tertiary/aromatic N) is 5. The van der Waals surface area contributed by atoms with Crippen LogP contribution in [0.4, 0.5) is 17.1 Å². The van der Waals surface area contributed by atoms with Crippen LogP contribution < -0.4 is 9.80 Å². The molecule has 1 heterocycles. The van der Waals surface area contributed by atoms with Crippen LogP contribution in [-0.2, 0) is 19.1 Å². The van der Waals surface area contributed by atoms with Crippen molar-refractivity contribution in [2.24, 2.45) is 11.0 Å². The third kappa shape index (κ3) is 4.26. The van der Waals surface area contributed by atoms with Gasteiger partial charge in [0.2, 0.25) is 11.8 Å². The number of anilines is 3. The molecular formula is C21H21N5O4. The number of hydrogen-bond acceptors (Lipinski definition) is 5. The van der Waals surface area contributed by atoms with E-state index in [9.17, 15) is 14.4 Å². The highest BCUT2D eigenvalue weighted by atomic mass is 16.5. The number of hydrogen-bond donors (Lipinski definition) is 0. The molecular weight excluding hydrogens is 386 g/mol. The molecule has 0 bridgehead atoms. The van der Waals surface area contributed by atoms with Crippen molar-refractivity contribution in [2.45, 2.75) is 19.9 Å². The molecule has 9 nitrogen and oxygen atoms in total. The van der Waals surface area contributed by atoms with Gasteiger partial charge in [-0.15, -0.1) is 0 Å². The number of esters is 1. The maximum absolute atomic E-state index is 13.3. The molecule has 154 valence electrons. The van der Waals surface area contributed by atoms with Gasteiger partial charge in [-0.3, -0.25) is 24.2 Å². The van der Waals surface area contributed by atoms with Crippen molar-refractivity contribution in [3.63, 3.8) is 0 Å². The molecule has 0 aromatic heterocycles. The van der Waals surface area contributed by atoms with Crippen molar-refractivity contribution in [3.8, 4) is 0 Å². The van der Waals surface area contributed by atoms with E-state index in [0.29, 0.717) is 17.1 Å². The first kappa shape index (κ1) is 20.9. The topological polar surface area (TPSA) is 116 Å². The number of azide groups is 1. The van der Waals surface area contributed by atoms with Crippen LogP contribution >= 0.6 is 0 Å². The van der Waals surface area contributed by atoms with Crippen LogP contribution in [0.1, 0.15) is 13.8 Å². The molecule has 0 aliphatic carbocycles. The van der Waals surface area contributed by atoms with Crippen molar-refractivity contribution < 1.29 is 19.1 Å². The summed E-state index contributed by atoms with van der Waals surface area (Å²) < 4.78 is 5.21. The highest BCUT2D eigenvalue weighted by Crippen LogP contribution is 2.38. The first-order valence-electron chi connectivity index (χ1n) is 9.43. The average molecular weight is 407 g/mol. The summed E-state index contributed by atoms with van der Waals surface area (Å²) in [4.78, 5) is 43.9. The Morgan fingerprint density at radius 2 is 1.70 bits per heavy atom. The highest BCUT2D eigenvalue weighted by Gasteiger charge is 2.41. The van der Waals surface area contributed by atoms with Gasteiger partial charge in [-0.1, -0.05) is 49.3 Å². The number of fused-ring (bicyclic) bond motifs is 1. The van der Waals surface area contributed by atoms with Crippen LogP contribution in [0.2, 0.25) is 0 Å². The summed E-state index contributed by atoms with van der Waals surface area (Å²) in [5.41, 5.74) is 10.2. The van der Waals surface area contributed by atoms with Gasteiger partial charge in [0.25, 0.3) is 0 Å². The Kier molecular flexibility index (Phi) is 6.34. The van der Waals surface area contributed by atoms with E-state index in [1.54, 1.807) is 54.6 Å².